The third kappa shape index (κ3) is 4.36. The van der Waals surface area contributed by atoms with Crippen LogP contribution in [0.2, 0.25) is 10.0 Å². The summed E-state index contributed by atoms with van der Waals surface area (Å²) in [5.74, 6) is -0.252. The van der Waals surface area contributed by atoms with Crippen molar-refractivity contribution in [3.8, 4) is 0 Å². The van der Waals surface area contributed by atoms with Gasteiger partial charge in [0, 0.05) is 31.6 Å². The molecule has 7 heteroatoms. The van der Waals surface area contributed by atoms with Crippen molar-refractivity contribution in [2.24, 2.45) is 10.8 Å². The number of anilines is 2. The molecule has 2 amide bonds. The summed E-state index contributed by atoms with van der Waals surface area (Å²) >= 11 is 12.7. The summed E-state index contributed by atoms with van der Waals surface area (Å²) in [5.41, 5.74) is 1.47. The van der Waals surface area contributed by atoms with Gasteiger partial charge in [-0.15, -0.1) is 0 Å². The molecule has 5 nitrogen and oxygen atoms in total. The van der Waals surface area contributed by atoms with Crippen molar-refractivity contribution < 1.29 is 9.59 Å². The molecule has 1 heterocycles. The number of H-pyrrole nitrogens is 1. The summed E-state index contributed by atoms with van der Waals surface area (Å²) in [6, 6.07) is 7.04. The van der Waals surface area contributed by atoms with E-state index in [0.717, 1.165) is 21.8 Å². The quantitative estimate of drug-likeness (QED) is 0.425. The molecule has 29 heavy (non-hydrogen) atoms. The molecule has 0 radical (unpaired) electrons. The lowest BCUT2D eigenvalue weighted by atomic mass is 9.95. The number of aromatic amines is 1. The molecule has 3 N–H and O–H groups in total. The van der Waals surface area contributed by atoms with Gasteiger partial charge < -0.3 is 15.6 Å². The summed E-state index contributed by atoms with van der Waals surface area (Å²) in [6.45, 7) is 11.1. The molecule has 0 unspecified atom stereocenters. The van der Waals surface area contributed by atoms with Crippen LogP contribution in [0.5, 0.6) is 0 Å². The van der Waals surface area contributed by atoms with Gasteiger partial charge in [0.1, 0.15) is 0 Å². The van der Waals surface area contributed by atoms with Crippen molar-refractivity contribution in [1.82, 2.24) is 4.98 Å². The molecule has 0 saturated heterocycles. The van der Waals surface area contributed by atoms with Crippen molar-refractivity contribution in [2.75, 3.05) is 10.6 Å². The monoisotopic (exact) mass is 433 g/mol. The van der Waals surface area contributed by atoms with E-state index in [-0.39, 0.29) is 11.8 Å². The number of amides is 2. The van der Waals surface area contributed by atoms with Crippen LogP contribution in [0.3, 0.4) is 0 Å². The molecule has 154 valence electrons. The zero-order valence-electron chi connectivity index (χ0n) is 17.4. The minimum Gasteiger partial charge on any atom is -0.351 e. The van der Waals surface area contributed by atoms with Crippen LogP contribution in [0.4, 0.5) is 11.4 Å². The first-order valence-corrected chi connectivity index (χ1v) is 10.1. The lowest BCUT2D eigenvalue weighted by Crippen LogP contribution is -2.27. The van der Waals surface area contributed by atoms with Gasteiger partial charge in [0.15, 0.2) is 0 Å². The number of rotatable bonds is 2. The van der Waals surface area contributed by atoms with Gasteiger partial charge >= 0.3 is 0 Å². The molecule has 0 spiro atoms. The van der Waals surface area contributed by atoms with E-state index < -0.39 is 10.8 Å². The van der Waals surface area contributed by atoms with Crippen molar-refractivity contribution in [2.45, 2.75) is 41.5 Å². The highest BCUT2D eigenvalue weighted by Crippen LogP contribution is 2.38. The average molecular weight is 434 g/mol. The van der Waals surface area contributed by atoms with E-state index in [2.05, 4.69) is 15.6 Å². The standard InChI is InChI=1S/C22H25Cl2N3O2/c1-21(2,3)19(28)25-15-9-11(23)7-13-14-8-12(24)10-16(18(14)27-17(13)15)26-20(29)22(4,5)6/h7-10,27H,1-6H3,(H,25,28)(H,26,29). The predicted molar refractivity (Wildman–Crippen MR) is 122 cm³/mol. The van der Waals surface area contributed by atoms with Crippen LogP contribution in [-0.2, 0) is 9.59 Å². The first-order valence-electron chi connectivity index (χ1n) is 9.35. The highest BCUT2D eigenvalue weighted by molar-refractivity contribution is 6.35. The molecule has 0 atom stereocenters. The molecule has 0 fully saturated rings. The number of aromatic nitrogens is 1. The van der Waals surface area contributed by atoms with Crippen LogP contribution in [0.15, 0.2) is 24.3 Å². The van der Waals surface area contributed by atoms with Gasteiger partial charge in [0.05, 0.1) is 22.4 Å². The maximum absolute atomic E-state index is 12.5. The summed E-state index contributed by atoms with van der Waals surface area (Å²) in [4.78, 5) is 28.4. The first kappa shape index (κ1) is 21.5. The maximum atomic E-state index is 12.5. The summed E-state index contributed by atoms with van der Waals surface area (Å²) in [6.07, 6.45) is 0. The number of benzene rings is 2. The first-order chi connectivity index (χ1) is 13.3. The van der Waals surface area contributed by atoms with Gasteiger partial charge in [0.25, 0.3) is 0 Å². The number of hydrogen-bond acceptors (Lipinski definition) is 2. The maximum Gasteiger partial charge on any atom is 0.229 e. The second kappa shape index (κ2) is 7.22. The largest absolute Gasteiger partial charge is 0.351 e. The van der Waals surface area contributed by atoms with Crippen LogP contribution >= 0.6 is 23.2 Å². The fourth-order valence-electron chi connectivity index (χ4n) is 2.85. The van der Waals surface area contributed by atoms with Gasteiger partial charge in [-0.25, -0.2) is 0 Å². The Bertz CT molecular complexity index is 1050. The molecule has 1 aromatic heterocycles. The van der Waals surface area contributed by atoms with Crippen molar-refractivity contribution in [1.29, 1.82) is 0 Å². The van der Waals surface area contributed by atoms with Crippen molar-refractivity contribution in [3.05, 3.63) is 34.3 Å². The molecule has 0 aliphatic heterocycles. The molecular weight excluding hydrogens is 409 g/mol. The van der Waals surface area contributed by atoms with Crippen LogP contribution in [0.25, 0.3) is 21.8 Å². The lowest BCUT2D eigenvalue weighted by Gasteiger charge is -2.18. The van der Waals surface area contributed by atoms with Crippen LogP contribution in [0, 0.1) is 10.8 Å². The summed E-state index contributed by atoms with van der Waals surface area (Å²) < 4.78 is 0. The number of halogens is 2. The Morgan fingerprint density at radius 1 is 0.724 bits per heavy atom. The Morgan fingerprint density at radius 3 is 1.38 bits per heavy atom. The van der Waals surface area contributed by atoms with Gasteiger partial charge in [-0.2, -0.15) is 0 Å². The Labute approximate surface area is 180 Å². The molecule has 3 rings (SSSR count). The van der Waals surface area contributed by atoms with Gasteiger partial charge in [-0.1, -0.05) is 64.7 Å². The number of fused-ring (bicyclic) bond motifs is 3. The third-order valence-corrected chi connectivity index (χ3v) is 5.04. The zero-order chi connectivity index (χ0) is 21.7. The van der Waals surface area contributed by atoms with Crippen LogP contribution in [-0.4, -0.2) is 16.8 Å². The van der Waals surface area contributed by atoms with Gasteiger partial charge in [-0.05, 0) is 24.3 Å². The van der Waals surface area contributed by atoms with E-state index in [9.17, 15) is 9.59 Å². The molecule has 3 aromatic rings. The van der Waals surface area contributed by atoms with Crippen molar-refractivity contribution in [3.63, 3.8) is 0 Å². The Balaban J connectivity index is 2.22. The average Bonchev–Trinajstić information content (AvgIpc) is 2.92. The number of hydrogen-bond donors (Lipinski definition) is 3. The normalized spacial score (nSPS) is 12.4. The van der Waals surface area contributed by atoms with E-state index in [1.54, 1.807) is 12.1 Å². The van der Waals surface area contributed by atoms with Crippen LogP contribution in [0.1, 0.15) is 41.5 Å². The van der Waals surface area contributed by atoms with Gasteiger partial charge in [0.2, 0.25) is 11.8 Å². The highest BCUT2D eigenvalue weighted by atomic mass is 35.5. The minimum atomic E-state index is -0.560. The summed E-state index contributed by atoms with van der Waals surface area (Å²) in [5, 5.41) is 8.50. The Morgan fingerprint density at radius 2 is 1.07 bits per heavy atom. The molecule has 0 aliphatic carbocycles. The highest BCUT2D eigenvalue weighted by Gasteiger charge is 2.25. The molecule has 0 saturated carbocycles. The fraction of sp³-hybridized carbons (Fsp3) is 0.364. The minimum absolute atomic E-state index is 0.126. The van der Waals surface area contributed by atoms with E-state index in [1.807, 2.05) is 53.7 Å². The van der Waals surface area contributed by atoms with E-state index in [1.165, 1.54) is 0 Å². The van der Waals surface area contributed by atoms with Crippen LogP contribution < -0.4 is 10.6 Å². The van der Waals surface area contributed by atoms with Crippen molar-refractivity contribution >= 4 is 68.2 Å². The number of carbonyl (C=O) groups is 2. The molecule has 2 aromatic carbocycles. The molecular formula is C22H25Cl2N3O2. The number of carbonyl (C=O) groups excluding carboxylic acids is 2. The summed E-state index contributed by atoms with van der Waals surface area (Å²) in [7, 11) is 0. The Hall–Kier alpha value is -2.24. The predicted octanol–water partition coefficient (Wildman–Crippen LogP) is 6.60. The topological polar surface area (TPSA) is 74.0 Å². The third-order valence-electron chi connectivity index (χ3n) is 4.61. The second-order valence-corrected chi connectivity index (χ2v) is 10.2. The Kier molecular flexibility index (Phi) is 5.35. The van der Waals surface area contributed by atoms with E-state index >= 15 is 0 Å². The molecule has 0 bridgehead atoms. The van der Waals surface area contributed by atoms with E-state index in [4.69, 9.17) is 23.2 Å². The smallest absolute Gasteiger partial charge is 0.229 e. The second-order valence-electron chi connectivity index (χ2n) is 9.29. The zero-order valence-corrected chi connectivity index (χ0v) is 18.9. The van der Waals surface area contributed by atoms with Gasteiger partial charge in [-0.3, -0.25) is 9.59 Å². The number of nitrogens with one attached hydrogen (secondary N) is 3. The van der Waals surface area contributed by atoms with E-state index in [0.29, 0.717) is 21.4 Å². The fourth-order valence-corrected chi connectivity index (χ4v) is 3.29. The SMILES string of the molecule is CC(C)(C)C(=O)Nc1cc(Cl)cc2c1[nH]c1c(NC(=O)C(C)(C)C)cc(Cl)cc12. The lowest BCUT2D eigenvalue weighted by molar-refractivity contribution is -0.123. The molecule has 0 aliphatic rings.